The molecule has 1 aromatic carbocycles. The first-order valence-electron chi connectivity index (χ1n) is 10.0. The van der Waals surface area contributed by atoms with Gasteiger partial charge in [0.2, 0.25) is 0 Å². The van der Waals surface area contributed by atoms with Gasteiger partial charge >= 0.3 is 0 Å². The van der Waals surface area contributed by atoms with Crippen molar-refractivity contribution in [1.82, 2.24) is 25.4 Å². The molecule has 1 heterocycles. The summed E-state index contributed by atoms with van der Waals surface area (Å²) in [5.74, 6) is 2.47. The lowest BCUT2D eigenvalue weighted by molar-refractivity contribution is 0.602. The zero-order chi connectivity index (χ0) is 20.9. The summed E-state index contributed by atoms with van der Waals surface area (Å²) in [7, 11) is -1.22. The molecule has 1 fully saturated rings. The van der Waals surface area contributed by atoms with Gasteiger partial charge in [-0.2, -0.15) is 0 Å². The molecule has 9 heteroatoms. The highest BCUT2D eigenvalue weighted by atomic mass is 32.2. The van der Waals surface area contributed by atoms with Crippen LogP contribution in [0, 0.1) is 6.92 Å². The van der Waals surface area contributed by atoms with E-state index < -0.39 is 9.84 Å². The third-order valence-electron chi connectivity index (χ3n) is 5.31. The predicted octanol–water partition coefficient (Wildman–Crippen LogP) is 1.75. The minimum atomic E-state index is -3.16. The monoisotopic (exact) mass is 418 g/mol. The Morgan fingerprint density at radius 1 is 1.21 bits per heavy atom. The maximum atomic E-state index is 11.6. The Bertz CT molecular complexity index is 944. The molecule has 1 saturated carbocycles. The normalized spacial score (nSPS) is 15.6. The fourth-order valence-electron chi connectivity index (χ4n) is 3.38. The van der Waals surface area contributed by atoms with E-state index in [2.05, 4.69) is 20.8 Å². The van der Waals surface area contributed by atoms with Crippen molar-refractivity contribution in [1.29, 1.82) is 0 Å². The molecular weight excluding hydrogens is 388 g/mol. The predicted molar refractivity (Wildman–Crippen MR) is 114 cm³/mol. The van der Waals surface area contributed by atoms with Crippen LogP contribution in [0.4, 0.5) is 0 Å². The molecule has 1 aromatic heterocycles. The van der Waals surface area contributed by atoms with Crippen molar-refractivity contribution in [2.24, 2.45) is 12.0 Å². The van der Waals surface area contributed by atoms with Gasteiger partial charge < -0.3 is 15.2 Å². The minimum Gasteiger partial charge on any atom is -0.356 e. The summed E-state index contributed by atoms with van der Waals surface area (Å²) < 4.78 is 25.1. The van der Waals surface area contributed by atoms with Gasteiger partial charge in [-0.25, -0.2) is 13.4 Å². The van der Waals surface area contributed by atoms with Crippen molar-refractivity contribution in [3.63, 3.8) is 0 Å². The number of benzene rings is 1. The van der Waals surface area contributed by atoms with E-state index in [4.69, 9.17) is 4.99 Å². The second kappa shape index (κ2) is 9.39. The average molecular weight is 419 g/mol. The van der Waals surface area contributed by atoms with E-state index in [-0.39, 0.29) is 0 Å². The van der Waals surface area contributed by atoms with E-state index in [0.29, 0.717) is 24.0 Å². The molecular formula is C20H30N6O2S. The van der Waals surface area contributed by atoms with Crippen molar-refractivity contribution in [2.75, 3.05) is 12.8 Å². The highest BCUT2D eigenvalue weighted by molar-refractivity contribution is 7.90. The number of nitrogens with zero attached hydrogens (tertiary/aromatic N) is 4. The Kier molecular flexibility index (Phi) is 6.89. The minimum absolute atomic E-state index is 0.346. The molecule has 8 nitrogen and oxygen atoms in total. The van der Waals surface area contributed by atoms with Gasteiger partial charge in [0.05, 0.1) is 4.90 Å². The molecule has 1 aliphatic rings. The van der Waals surface area contributed by atoms with Gasteiger partial charge in [-0.15, -0.1) is 10.2 Å². The van der Waals surface area contributed by atoms with Gasteiger partial charge in [-0.1, -0.05) is 25.0 Å². The third kappa shape index (κ3) is 6.03. The summed E-state index contributed by atoms with van der Waals surface area (Å²) in [6.07, 6.45) is 6.83. The van der Waals surface area contributed by atoms with Gasteiger partial charge in [0, 0.05) is 25.9 Å². The molecule has 29 heavy (non-hydrogen) atoms. The number of nitrogens with one attached hydrogen (secondary N) is 2. The van der Waals surface area contributed by atoms with Crippen molar-refractivity contribution in [3.8, 4) is 0 Å². The molecule has 0 unspecified atom stereocenters. The van der Waals surface area contributed by atoms with Crippen LogP contribution in [0.1, 0.15) is 42.9 Å². The summed E-state index contributed by atoms with van der Waals surface area (Å²) in [6.45, 7) is 3.09. The van der Waals surface area contributed by atoms with Crippen LogP contribution in [-0.2, 0) is 29.9 Å². The highest BCUT2D eigenvalue weighted by Crippen LogP contribution is 2.17. The SMILES string of the molecule is Cc1nnc(CN=C(NCCc2ccc(S(C)(=O)=O)cc2)NC2CCCC2)n1C. The van der Waals surface area contributed by atoms with E-state index in [1.807, 2.05) is 30.7 Å². The fraction of sp³-hybridized carbons (Fsp3) is 0.550. The van der Waals surface area contributed by atoms with E-state index in [1.54, 1.807) is 12.1 Å². The number of hydrogen-bond acceptors (Lipinski definition) is 5. The van der Waals surface area contributed by atoms with Crippen LogP contribution >= 0.6 is 0 Å². The van der Waals surface area contributed by atoms with Crippen LogP contribution in [-0.4, -0.2) is 48.0 Å². The zero-order valence-corrected chi connectivity index (χ0v) is 18.2. The summed E-state index contributed by atoms with van der Waals surface area (Å²) in [5.41, 5.74) is 1.08. The quantitative estimate of drug-likeness (QED) is 0.525. The van der Waals surface area contributed by atoms with Crippen LogP contribution < -0.4 is 10.6 Å². The number of aromatic nitrogens is 3. The largest absolute Gasteiger partial charge is 0.356 e. The van der Waals surface area contributed by atoms with E-state index in [9.17, 15) is 8.42 Å². The van der Waals surface area contributed by atoms with Gasteiger partial charge in [0.25, 0.3) is 0 Å². The Morgan fingerprint density at radius 3 is 2.48 bits per heavy atom. The molecule has 0 bridgehead atoms. The summed E-state index contributed by atoms with van der Waals surface area (Å²) >= 11 is 0. The van der Waals surface area contributed by atoms with Crippen LogP contribution in [0.25, 0.3) is 0 Å². The lowest BCUT2D eigenvalue weighted by Gasteiger charge is -2.17. The molecule has 0 radical (unpaired) electrons. The number of guanidine groups is 1. The molecule has 158 valence electrons. The maximum Gasteiger partial charge on any atom is 0.191 e. The Hall–Kier alpha value is -2.42. The molecule has 0 amide bonds. The van der Waals surface area contributed by atoms with Crippen molar-refractivity contribution in [3.05, 3.63) is 41.5 Å². The number of sulfone groups is 1. The van der Waals surface area contributed by atoms with Crippen molar-refractivity contribution < 1.29 is 8.42 Å². The Balaban J connectivity index is 1.60. The van der Waals surface area contributed by atoms with Gasteiger partial charge in [-0.05, 0) is 43.9 Å². The number of aliphatic imine (C=N–C) groups is 1. The van der Waals surface area contributed by atoms with Gasteiger partial charge in [0.15, 0.2) is 21.6 Å². The first-order chi connectivity index (χ1) is 13.8. The number of rotatable bonds is 7. The second-order valence-electron chi connectivity index (χ2n) is 7.61. The first kappa shape index (κ1) is 21.3. The Morgan fingerprint density at radius 2 is 1.90 bits per heavy atom. The van der Waals surface area contributed by atoms with Crippen LogP contribution in [0.5, 0.6) is 0 Å². The van der Waals surface area contributed by atoms with Crippen LogP contribution in [0.3, 0.4) is 0 Å². The van der Waals surface area contributed by atoms with Crippen LogP contribution in [0.15, 0.2) is 34.2 Å². The summed E-state index contributed by atoms with van der Waals surface area (Å²) in [6, 6.07) is 7.50. The lowest BCUT2D eigenvalue weighted by atomic mass is 10.1. The molecule has 0 spiro atoms. The maximum absolute atomic E-state index is 11.6. The fourth-order valence-corrected chi connectivity index (χ4v) is 4.01. The standard InChI is InChI=1S/C20H30N6O2S/c1-15-24-25-19(26(15)2)14-22-20(23-17-6-4-5-7-17)21-13-12-16-8-10-18(11-9-16)29(3,27)28/h8-11,17H,4-7,12-14H2,1-3H3,(H2,21,22,23). The summed E-state index contributed by atoms with van der Waals surface area (Å²) in [5, 5.41) is 15.2. The molecule has 0 saturated heterocycles. The van der Waals surface area contributed by atoms with Gasteiger partial charge in [0.1, 0.15) is 12.4 Å². The first-order valence-corrected chi connectivity index (χ1v) is 11.9. The van der Waals surface area contributed by atoms with E-state index in [0.717, 1.165) is 42.4 Å². The molecule has 1 aliphatic carbocycles. The zero-order valence-electron chi connectivity index (χ0n) is 17.4. The topological polar surface area (TPSA) is 101 Å². The smallest absolute Gasteiger partial charge is 0.191 e. The average Bonchev–Trinajstić information content (AvgIpc) is 3.30. The number of hydrogen-bond donors (Lipinski definition) is 2. The van der Waals surface area contributed by atoms with Crippen molar-refractivity contribution >= 4 is 15.8 Å². The second-order valence-corrected chi connectivity index (χ2v) is 9.62. The van der Waals surface area contributed by atoms with Crippen LogP contribution in [0.2, 0.25) is 0 Å². The Labute approximate surface area is 172 Å². The van der Waals surface area contributed by atoms with E-state index >= 15 is 0 Å². The third-order valence-corrected chi connectivity index (χ3v) is 6.44. The van der Waals surface area contributed by atoms with E-state index in [1.165, 1.54) is 19.1 Å². The summed E-state index contributed by atoms with van der Waals surface area (Å²) in [4.78, 5) is 5.05. The number of aryl methyl sites for hydroxylation is 1. The molecule has 2 N–H and O–H groups in total. The molecule has 0 aliphatic heterocycles. The molecule has 2 aromatic rings. The molecule has 0 atom stereocenters. The lowest BCUT2D eigenvalue weighted by Crippen LogP contribution is -2.43. The van der Waals surface area contributed by atoms with Crippen molar-refractivity contribution in [2.45, 2.75) is 56.5 Å². The van der Waals surface area contributed by atoms with Gasteiger partial charge in [-0.3, -0.25) is 0 Å². The highest BCUT2D eigenvalue weighted by Gasteiger charge is 2.16. The molecule has 3 rings (SSSR count).